The molecule has 1 saturated heterocycles. The van der Waals surface area contributed by atoms with Gasteiger partial charge in [0.15, 0.2) is 0 Å². The molecule has 2 heterocycles. The first kappa shape index (κ1) is 24.7. The summed E-state index contributed by atoms with van der Waals surface area (Å²) >= 11 is 0. The number of rotatable bonds is 9. The van der Waals surface area contributed by atoms with Crippen molar-refractivity contribution >= 4 is 11.8 Å². The van der Waals surface area contributed by atoms with Crippen LogP contribution in [-0.2, 0) is 17.9 Å². The fraction of sp³-hybridized carbons (Fsp3) is 0.379. The number of likely N-dealkylation sites (tertiary alicyclic amines) is 1. The highest BCUT2D eigenvalue weighted by Crippen LogP contribution is 2.25. The molecule has 0 radical (unpaired) electrons. The molecule has 6 nitrogen and oxygen atoms in total. The molecule has 35 heavy (non-hydrogen) atoms. The Morgan fingerprint density at radius 3 is 2.69 bits per heavy atom. The molecule has 0 saturated carbocycles. The number of hydrogen-bond donors (Lipinski definition) is 0. The molecule has 1 aliphatic rings. The number of nitrogens with zero attached hydrogens (tertiary/aromatic N) is 3. The maximum atomic E-state index is 12.6. The molecule has 0 N–H and O–H groups in total. The van der Waals surface area contributed by atoms with Gasteiger partial charge in [-0.15, -0.1) is 0 Å². The number of ether oxygens (including phenoxy) is 2. The molecule has 0 amide bonds. The lowest BCUT2D eigenvalue weighted by Gasteiger charge is -2.27. The van der Waals surface area contributed by atoms with E-state index in [1.807, 2.05) is 27.0 Å². The van der Waals surface area contributed by atoms with Crippen molar-refractivity contribution in [1.29, 1.82) is 0 Å². The second-order valence-corrected chi connectivity index (χ2v) is 9.54. The molecule has 2 aromatic carbocycles. The van der Waals surface area contributed by atoms with E-state index in [0.29, 0.717) is 18.0 Å². The van der Waals surface area contributed by atoms with E-state index in [2.05, 4.69) is 64.2 Å². The van der Waals surface area contributed by atoms with Crippen LogP contribution in [0.2, 0.25) is 0 Å². The summed E-state index contributed by atoms with van der Waals surface area (Å²) in [7, 11) is 2.02. The first-order valence-electron chi connectivity index (χ1n) is 12.3. The number of carbonyl (C=O) groups is 1. The lowest BCUT2D eigenvalue weighted by molar-refractivity contribution is 0.0378. The van der Waals surface area contributed by atoms with Crippen molar-refractivity contribution in [3.05, 3.63) is 89.1 Å². The van der Waals surface area contributed by atoms with Gasteiger partial charge in [0.2, 0.25) is 0 Å². The summed E-state index contributed by atoms with van der Waals surface area (Å²) in [5, 5.41) is 0. The van der Waals surface area contributed by atoms with Crippen LogP contribution in [-0.4, -0.2) is 48.1 Å². The first-order valence-corrected chi connectivity index (χ1v) is 12.3. The number of carbonyl (C=O) groups excluding carboxylic acids is 1. The van der Waals surface area contributed by atoms with Crippen molar-refractivity contribution < 1.29 is 14.3 Å². The van der Waals surface area contributed by atoms with Gasteiger partial charge < -0.3 is 14.4 Å². The highest BCUT2D eigenvalue weighted by Gasteiger charge is 2.29. The average molecular weight is 474 g/mol. The second-order valence-electron chi connectivity index (χ2n) is 9.54. The van der Waals surface area contributed by atoms with Crippen LogP contribution < -0.4 is 9.64 Å². The number of hydrogen-bond acceptors (Lipinski definition) is 6. The molecule has 0 aliphatic carbocycles. The maximum absolute atomic E-state index is 12.6. The predicted octanol–water partition coefficient (Wildman–Crippen LogP) is 5.24. The van der Waals surface area contributed by atoms with Crippen LogP contribution in [0.15, 0.2) is 66.9 Å². The lowest BCUT2D eigenvalue weighted by Crippen LogP contribution is -2.36. The summed E-state index contributed by atoms with van der Waals surface area (Å²) in [5.74, 6) is 1.24. The molecule has 4 rings (SSSR count). The van der Waals surface area contributed by atoms with Gasteiger partial charge in [0.1, 0.15) is 23.7 Å². The van der Waals surface area contributed by atoms with E-state index in [1.165, 1.54) is 11.1 Å². The topological polar surface area (TPSA) is 54.9 Å². The van der Waals surface area contributed by atoms with Gasteiger partial charge in [-0.05, 0) is 62.6 Å². The first-order chi connectivity index (χ1) is 16.9. The van der Waals surface area contributed by atoms with E-state index < -0.39 is 0 Å². The van der Waals surface area contributed by atoms with Crippen LogP contribution in [0.5, 0.6) is 5.75 Å². The van der Waals surface area contributed by atoms with Crippen molar-refractivity contribution in [3.8, 4) is 5.75 Å². The quantitative estimate of drug-likeness (QED) is 0.396. The zero-order valence-corrected chi connectivity index (χ0v) is 21.1. The summed E-state index contributed by atoms with van der Waals surface area (Å²) in [4.78, 5) is 21.7. The van der Waals surface area contributed by atoms with Crippen LogP contribution in [0.4, 0.5) is 5.82 Å². The van der Waals surface area contributed by atoms with Gasteiger partial charge >= 0.3 is 5.97 Å². The normalized spacial score (nSPS) is 15.9. The van der Waals surface area contributed by atoms with Gasteiger partial charge in [-0.25, -0.2) is 9.78 Å². The lowest BCUT2D eigenvalue weighted by atomic mass is 10.1. The third-order valence-corrected chi connectivity index (χ3v) is 6.31. The Bertz CT molecular complexity index is 1130. The number of likely N-dealkylation sites (N-methyl/N-ethyl adjacent to an activating group) is 1. The number of aryl methyl sites for hydroxylation is 1. The minimum Gasteiger partial charge on any atom is -0.489 e. The van der Waals surface area contributed by atoms with Gasteiger partial charge in [0.05, 0.1) is 6.10 Å². The van der Waals surface area contributed by atoms with E-state index in [9.17, 15) is 4.79 Å². The summed E-state index contributed by atoms with van der Waals surface area (Å²) in [6.45, 7) is 9.11. The van der Waals surface area contributed by atoms with Crippen molar-refractivity contribution in [3.63, 3.8) is 0 Å². The maximum Gasteiger partial charge on any atom is 0.342 e. The van der Waals surface area contributed by atoms with Gasteiger partial charge in [-0.1, -0.05) is 42.0 Å². The van der Waals surface area contributed by atoms with Crippen molar-refractivity contribution in [2.45, 2.75) is 52.5 Å². The Balaban J connectivity index is 1.35. The Kier molecular flexibility index (Phi) is 8.03. The highest BCUT2D eigenvalue weighted by molar-refractivity contribution is 5.94. The fourth-order valence-electron chi connectivity index (χ4n) is 4.40. The summed E-state index contributed by atoms with van der Waals surface area (Å²) < 4.78 is 11.5. The Morgan fingerprint density at radius 1 is 1.11 bits per heavy atom. The van der Waals surface area contributed by atoms with Crippen LogP contribution >= 0.6 is 0 Å². The third-order valence-electron chi connectivity index (χ3n) is 6.31. The zero-order valence-electron chi connectivity index (χ0n) is 21.1. The summed E-state index contributed by atoms with van der Waals surface area (Å²) in [5.41, 5.74) is 4.16. The van der Waals surface area contributed by atoms with Crippen molar-refractivity contribution in [2.24, 2.45) is 0 Å². The second kappa shape index (κ2) is 11.4. The van der Waals surface area contributed by atoms with Crippen LogP contribution in [0, 0.1) is 6.92 Å². The molecule has 6 heteroatoms. The van der Waals surface area contributed by atoms with Crippen molar-refractivity contribution in [2.75, 3.05) is 25.0 Å². The monoisotopic (exact) mass is 473 g/mol. The third kappa shape index (κ3) is 6.61. The molecule has 1 aromatic heterocycles. The Labute approximate surface area is 208 Å². The van der Waals surface area contributed by atoms with Gasteiger partial charge in [-0.3, -0.25) is 4.90 Å². The van der Waals surface area contributed by atoms with E-state index in [-0.39, 0.29) is 18.1 Å². The van der Waals surface area contributed by atoms with Crippen LogP contribution in [0.3, 0.4) is 0 Å². The molecule has 1 fully saturated rings. The van der Waals surface area contributed by atoms with Gasteiger partial charge in [0, 0.05) is 38.9 Å². The number of esters is 1. The van der Waals surface area contributed by atoms with E-state index >= 15 is 0 Å². The number of aromatic nitrogens is 1. The Hall–Kier alpha value is -3.38. The molecule has 1 unspecified atom stereocenters. The minimum atomic E-state index is -0.327. The number of pyridine rings is 1. The molecule has 1 atom stereocenters. The standard InChI is InChI=1S/C29H35N3O3/c1-21(2)35-29(33)27-9-6-15-30-28(27)31(4)25-14-16-32(19-25)18-24-7-5-8-26(17-24)34-20-23-12-10-22(3)11-13-23/h5-13,15,17,21,25H,14,16,18-20H2,1-4H3. The smallest absolute Gasteiger partial charge is 0.342 e. The largest absolute Gasteiger partial charge is 0.489 e. The van der Waals surface area contributed by atoms with Gasteiger partial charge in [0.25, 0.3) is 0 Å². The number of benzene rings is 2. The van der Waals surface area contributed by atoms with Crippen LogP contribution in [0.25, 0.3) is 0 Å². The Morgan fingerprint density at radius 2 is 1.91 bits per heavy atom. The number of anilines is 1. The minimum absolute atomic E-state index is 0.167. The molecular weight excluding hydrogens is 438 g/mol. The average Bonchev–Trinajstić information content (AvgIpc) is 3.31. The molecule has 0 spiro atoms. The van der Waals surface area contributed by atoms with E-state index in [0.717, 1.165) is 37.4 Å². The molecular formula is C29H35N3O3. The van der Waals surface area contributed by atoms with Crippen molar-refractivity contribution in [1.82, 2.24) is 9.88 Å². The predicted molar refractivity (Wildman–Crippen MR) is 139 cm³/mol. The SMILES string of the molecule is Cc1ccc(COc2cccc(CN3CCC(N(C)c4ncccc4C(=O)OC(C)C)C3)c2)cc1. The highest BCUT2D eigenvalue weighted by atomic mass is 16.5. The molecule has 3 aromatic rings. The van der Waals surface area contributed by atoms with E-state index in [1.54, 1.807) is 18.3 Å². The summed E-state index contributed by atoms with van der Waals surface area (Å²) in [6.07, 6.45) is 2.57. The molecule has 184 valence electrons. The fourth-order valence-corrected chi connectivity index (χ4v) is 4.40. The van der Waals surface area contributed by atoms with Gasteiger partial charge in [-0.2, -0.15) is 0 Å². The summed E-state index contributed by atoms with van der Waals surface area (Å²) in [6, 6.07) is 20.6. The molecule has 1 aliphatic heterocycles. The van der Waals surface area contributed by atoms with E-state index in [4.69, 9.17) is 9.47 Å². The molecule has 0 bridgehead atoms. The zero-order chi connectivity index (χ0) is 24.8. The van der Waals surface area contributed by atoms with Crippen LogP contribution in [0.1, 0.15) is 47.3 Å².